The fraction of sp³-hybridized carbons (Fsp3) is 0. The first-order valence-corrected chi connectivity index (χ1v) is 3.09. The lowest BCUT2D eigenvalue weighted by Gasteiger charge is -2.24. The molecule has 0 atom stereocenters. The third-order valence-corrected chi connectivity index (χ3v) is 1.29. The summed E-state index contributed by atoms with van der Waals surface area (Å²) in [5, 5.41) is 5.36. The highest BCUT2D eigenvalue weighted by atomic mass is 19.3. The maximum atomic E-state index is 12.4. The van der Waals surface area contributed by atoms with Gasteiger partial charge in [0.05, 0.1) is 0 Å². The highest BCUT2D eigenvalue weighted by molar-refractivity contribution is 6.65. The summed E-state index contributed by atoms with van der Waals surface area (Å²) < 4.78 is 36.5. The van der Waals surface area contributed by atoms with E-state index in [0.717, 1.165) is 4.72 Å². The first-order valence-electron chi connectivity index (χ1n) is 3.09. The van der Waals surface area contributed by atoms with Gasteiger partial charge in [-0.3, -0.25) is 0 Å². The quantitative estimate of drug-likeness (QED) is 0.354. The largest absolute Gasteiger partial charge is 0.412 e. The fourth-order valence-electron chi connectivity index (χ4n) is 0.784. The molecule has 0 aromatic rings. The molecule has 2 N–H and O–H groups in total. The molecule has 1 saturated heterocycles. The predicted octanol–water partition coefficient (Wildman–Crippen LogP) is -1.68. The van der Waals surface area contributed by atoms with Crippen LogP contribution in [0.25, 0.3) is 0 Å². The van der Waals surface area contributed by atoms with E-state index >= 15 is 0 Å². The Morgan fingerprint density at radius 1 is 1.09 bits per heavy atom. The molecule has 1 heterocycles. The molecular weight excluding hydrogens is 155 g/mol. The van der Waals surface area contributed by atoms with Crippen molar-refractivity contribution in [2.45, 2.75) is 0 Å². The van der Waals surface area contributed by atoms with E-state index in [1.807, 2.05) is 0 Å². The number of hydrogen-bond donors (Lipinski definition) is 2. The van der Waals surface area contributed by atoms with Crippen molar-refractivity contribution in [3.63, 3.8) is 0 Å². The minimum Gasteiger partial charge on any atom is -0.412 e. The highest BCUT2D eigenvalue weighted by Gasteiger charge is 2.19. The van der Waals surface area contributed by atoms with Crippen LogP contribution in [-0.2, 0) is 0 Å². The third kappa shape index (κ3) is 2.19. The van der Waals surface area contributed by atoms with Gasteiger partial charge < -0.3 is 15.0 Å². The van der Waals surface area contributed by atoms with Crippen LogP contribution in [0.1, 0.15) is 0 Å². The summed E-state index contributed by atoms with van der Waals surface area (Å²) in [6.45, 7) is 0. The lowest BCUT2D eigenvalue weighted by Crippen LogP contribution is -2.57. The van der Waals surface area contributed by atoms with Crippen molar-refractivity contribution in [2.75, 3.05) is 0 Å². The summed E-state index contributed by atoms with van der Waals surface area (Å²) in [5.41, 5.74) is 0. The van der Waals surface area contributed by atoms with Gasteiger partial charge in [-0.25, -0.2) is 0 Å². The van der Waals surface area contributed by atoms with Gasteiger partial charge in [-0.2, -0.15) is 13.2 Å². The van der Waals surface area contributed by atoms with Gasteiger partial charge in [-0.1, -0.05) is 0 Å². The Hall–Kier alpha value is -0.555. The second-order valence-electron chi connectivity index (χ2n) is 2.08. The molecule has 1 aliphatic heterocycles. The summed E-state index contributed by atoms with van der Waals surface area (Å²) in [5.74, 6) is -1.47. The van der Waals surface area contributed by atoms with Crippen molar-refractivity contribution in [1.82, 2.24) is 15.0 Å². The molecule has 9 heteroatoms. The molecule has 0 amide bonds. The Labute approximate surface area is 63.9 Å². The van der Waals surface area contributed by atoms with Crippen molar-refractivity contribution in [3.8, 4) is 0 Å². The number of rotatable bonds is 1. The molecule has 0 unspecified atom stereocenters. The van der Waals surface area contributed by atoms with Gasteiger partial charge in [-0.15, -0.1) is 0 Å². The van der Waals surface area contributed by atoms with Gasteiger partial charge in [0.15, 0.2) is 0 Å². The molecule has 1 fully saturated rings. The fourth-order valence-corrected chi connectivity index (χ4v) is 0.784. The predicted molar refractivity (Wildman–Crippen MR) is 39.9 cm³/mol. The summed E-state index contributed by atoms with van der Waals surface area (Å²) in [6, 6.07) is 0. The molecule has 0 radical (unpaired) electrons. The number of halogens is 3. The lowest BCUT2D eigenvalue weighted by atomic mass is 9.81. The molecule has 0 saturated carbocycles. The van der Waals surface area contributed by atoms with E-state index in [1.165, 1.54) is 0 Å². The minimum atomic E-state index is -2.28. The third-order valence-electron chi connectivity index (χ3n) is 1.29. The maximum absolute atomic E-state index is 12.4. The smallest absolute Gasteiger partial charge is 0.320 e. The van der Waals surface area contributed by atoms with E-state index in [1.54, 1.807) is 0 Å². The molecule has 1 aliphatic rings. The molecule has 3 nitrogen and oxygen atoms in total. The zero-order valence-corrected chi connectivity index (χ0v) is 5.70. The second-order valence-corrected chi connectivity index (χ2v) is 2.08. The minimum absolute atomic E-state index is 0.107. The van der Waals surface area contributed by atoms with Gasteiger partial charge in [0, 0.05) is 0 Å². The van der Waals surface area contributed by atoms with E-state index in [4.69, 9.17) is 0 Å². The Morgan fingerprint density at radius 3 is 2.09 bits per heavy atom. The summed E-state index contributed by atoms with van der Waals surface area (Å²) in [7, 11) is 0.726. The number of nitrogens with zero attached hydrogens (tertiary/aromatic N) is 1. The van der Waals surface area contributed by atoms with Crippen LogP contribution in [0.3, 0.4) is 0 Å². The molecule has 58 valence electrons. The van der Waals surface area contributed by atoms with Gasteiger partial charge in [0.25, 0.3) is 22.6 Å². The zero-order valence-electron chi connectivity index (χ0n) is 5.70. The summed E-state index contributed by atoms with van der Waals surface area (Å²) >= 11 is 0. The van der Waals surface area contributed by atoms with Gasteiger partial charge in [-0.05, 0) is 0 Å². The SMILES string of the molecule is FC(F)=C(F)N1BNBNB1. The van der Waals surface area contributed by atoms with Crippen LogP contribution in [-0.4, -0.2) is 27.4 Å². The summed E-state index contributed by atoms with van der Waals surface area (Å²) in [4.78, 5) is 0. The number of hydrogen-bond acceptors (Lipinski definition) is 3. The van der Waals surface area contributed by atoms with Gasteiger partial charge in [0.1, 0.15) is 0 Å². The van der Waals surface area contributed by atoms with Crippen LogP contribution in [0.2, 0.25) is 0 Å². The normalized spacial score (nSPS) is 16.1. The topological polar surface area (TPSA) is 27.3 Å². The molecule has 0 aromatic heterocycles. The van der Waals surface area contributed by atoms with E-state index in [2.05, 4.69) is 10.3 Å². The first-order chi connectivity index (χ1) is 5.22. The number of nitrogens with one attached hydrogen (secondary N) is 2. The van der Waals surface area contributed by atoms with Crippen molar-refractivity contribution >= 4 is 22.6 Å². The van der Waals surface area contributed by atoms with Crippen LogP contribution in [0.5, 0.6) is 0 Å². The Balaban J connectivity index is 2.52. The van der Waals surface area contributed by atoms with Gasteiger partial charge in [0.2, 0.25) is 5.95 Å². The first kappa shape index (κ1) is 8.54. The maximum Gasteiger partial charge on any atom is 0.320 e. The van der Waals surface area contributed by atoms with Crippen molar-refractivity contribution in [2.24, 2.45) is 0 Å². The van der Waals surface area contributed by atoms with E-state index in [-0.39, 0.29) is 15.1 Å². The van der Waals surface area contributed by atoms with Crippen LogP contribution in [0, 0.1) is 0 Å². The van der Waals surface area contributed by atoms with E-state index < -0.39 is 12.0 Å². The molecule has 0 aliphatic carbocycles. The molecule has 0 bridgehead atoms. The Morgan fingerprint density at radius 2 is 1.64 bits per heavy atom. The van der Waals surface area contributed by atoms with E-state index in [9.17, 15) is 13.2 Å². The van der Waals surface area contributed by atoms with E-state index in [0.29, 0.717) is 7.55 Å². The van der Waals surface area contributed by atoms with Crippen molar-refractivity contribution in [3.05, 3.63) is 12.0 Å². The monoisotopic (exact) mass is 161 g/mol. The van der Waals surface area contributed by atoms with Crippen LogP contribution >= 0.6 is 0 Å². The standard InChI is InChI=1S/C2H5B3F3N3/c6-1(7)2(8)11-4-9-3-10-5-11/h3-5,9-10H. The van der Waals surface area contributed by atoms with Crippen LogP contribution < -0.4 is 10.3 Å². The van der Waals surface area contributed by atoms with Crippen LogP contribution in [0.15, 0.2) is 12.0 Å². The zero-order chi connectivity index (χ0) is 8.27. The van der Waals surface area contributed by atoms with Crippen molar-refractivity contribution in [1.29, 1.82) is 0 Å². The molecule has 0 aromatic carbocycles. The van der Waals surface area contributed by atoms with Gasteiger partial charge >= 0.3 is 6.08 Å². The molecule has 0 spiro atoms. The average Bonchev–Trinajstić information content (AvgIpc) is 2.05. The Kier molecular flexibility index (Phi) is 2.89. The molecular formula is C2H5B3F3N3. The van der Waals surface area contributed by atoms with Crippen LogP contribution in [0.4, 0.5) is 13.2 Å². The average molecular weight is 161 g/mol. The van der Waals surface area contributed by atoms with Crippen molar-refractivity contribution < 1.29 is 13.2 Å². The summed E-state index contributed by atoms with van der Waals surface area (Å²) in [6.07, 6.45) is -2.28. The molecule has 1 rings (SSSR count). The lowest BCUT2D eigenvalue weighted by molar-refractivity contribution is 0.346. The molecule has 11 heavy (non-hydrogen) atoms. The highest BCUT2D eigenvalue weighted by Crippen LogP contribution is 2.11. The Bertz CT molecular complexity index is 165. The second kappa shape index (κ2) is 3.73.